The van der Waals surface area contributed by atoms with Gasteiger partial charge in [0, 0.05) is 31.2 Å². The first kappa shape index (κ1) is 12.6. The van der Waals surface area contributed by atoms with Crippen LogP contribution in [-0.2, 0) is 4.74 Å². The molecule has 2 heterocycles. The summed E-state index contributed by atoms with van der Waals surface area (Å²) < 4.78 is 5.43. The topological polar surface area (TPSA) is 71.1 Å². The van der Waals surface area contributed by atoms with E-state index in [9.17, 15) is 0 Å². The summed E-state index contributed by atoms with van der Waals surface area (Å²) in [5.74, 6) is 2.59. The molecule has 1 aromatic heterocycles. The van der Waals surface area contributed by atoms with Crippen molar-refractivity contribution in [3.8, 4) is 0 Å². The minimum atomic E-state index is 0.351. The Morgan fingerprint density at radius 1 is 1.37 bits per heavy atom. The Hall–Kier alpha value is -1.40. The largest absolute Gasteiger partial charge is 0.378 e. The van der Waals surface area contributed by atoms with Crippen LogP contribution in [0.2, 0.25) is 0 Å². The highest BCUT2D eigenvalue weighted by atomic mass is 16.5. The highest BCUT2D eigenvalue weighted by molar-refractivity contribution is 5.48. The number of ether oxygens (including phenoxy) is 1. The van der Waals surface area contributed by atoms with E-state index in [1.807, 2.05) is 13.0 Å². The van der Waals surface area contributed by atoms with Gasteiger partial charge in [0.25, 0.3) is 0 Å². The second-order valence-electron chi connectivity index (χ2n) is 5.21. The second kappa shape index (κ2) is 5.71. The minimum Gasteiger partial charge on any atom is -0.378 e. The molecule has 1 aliphatic carbocycles. The Labute approximate surface area is 113 Å². The molecule has 6 nitrogen and oxygen atoms in total. The number of aromatic nitrogens is 2. The average Bonchev–Trinajstić information content (AvgIpc) is 3.21. The minimum absolute atomic E-state index is 0.351. The predicted octanol–water partition coefficient (Wildman–Crippen LogP) is 0.760. The van der Waals surface area contributed by atoms with E-state index in [0.29, 0.717) is 12.1 Å². The summed E-state index contributed by atoms with van der Waals surface area (Å²) in [6.07, 6.45) is 2.49. The molecule has 0 aromatic carbocycles. The number of hydrogen-bond donors (Lipinski definition) is 3. The molecule has 0 bridgehead atoms. The molecule has 1 saturated heterocycles. The van der Waals surface area contributed by atoms with E-state index in [4.69, 9.17) is 4.74 Å². The van der Waals surface area contributed by atoms with Crippen LogP contribution in [0.3, 0.4) is 0 Å². The predicted molar refractivity (Wildman–Crippen MR) is 74.5 cm³/mol. The van der Waals surface area contributed by atoms with Crippen LogP contribution >= 0.6 is 0 Å². The number of nitrogens with one attached hydrogen (secondary N) is 3. The highest BCUT2D eigenvalue weighted by Gasteiger charge is 2.21. The Kier molecular flexibility index (Phi) is 3.79. The lowest BCUT2D eigenvalue weighted by molar-refractivity contribution is 0.0806. The molecule has 0 spiro atoms. The van der Waals surface area contributed by atoms with Gasteiger partial charge in [-0.05, 0) is 19.8 Å². The lowest BCUT2D eigenvalue weighted by atomic mass is 10.3. The quantitative estimate of drug-likeness (QED) is 0.728. The van der Waals surface area contributed by atoms with Gasteiger partial charge >= 0.3 is 0 Å². The standard InChI is InChI=1S/C13H21N5O/c1-9-16-12(6-13(17-9)18-10-2-3-10)15-7-11-8-19-5-4-14-11/h6,10-11,14H,2-5,7-8H2,1H3,(H2,15,16,17,18). The summed E-state index contributed by atoms with van der Waals surface area (Å²) in [6, 6.07) is 2.94. The lowest BCUT2D eigenvalue weighted by Crippen LogP contribution is -2.45. The van der Waals surface area contributed by atoms with Crippen molar-refractivity contribution in [1.29, 1.82) is 0 Å². The molecular formula is C13H21N5O. The molecular weight excluding hydrogens is 242 g/mol. The van der Waals surface area contributed by atoms with Crippen LogP contribution in [0.4, 0.5) is 11.6 Å². The Balaban J connectivity index is 1.57. The van der Waals surface area contributed by atoms with E-state index in [1.165, 1.54) is 12.8 Å². The molecule has 1 aliphatic heterocycles. The summed E-state index contributed by atoms with van der Waals surface area (Å²) in [5, 5.41) is 10.2. The SMILES string of the molecule is Cc1nc(NCC2COCCN2)cc(NC2CC2)n1. The van der Waals surface area contributed by atoms with Crippen LogP contribution in [0.15, 0.2) is 6.07 Å². The van der Waals surface area contributed by atoms with Gasteiger partial charge < -0.3 is 20.7 Å². The summed E-state index contributed by atoms with van der Waals surface area (Å²) >= 11 is 0. The van der Waals surface area contributed by atoms with Gasteiger partial charge in [0.1, 0.15) is 17.5 Å². The van der Waals surface area contributed by atoms with Crippen molar-refractivity contribution in [3.05, 3.63) is 11.9 Å². The maximum absolute atomic E-state index is 5.43. The molecule has 0 radical (unpaired) electrons. The van der Waals surface area contributed by atoms with Gasteiger partial charge in [0.2, 0.25) is 0 Å². The van der Waals surface area contributed by atoms with Crippen molar-refractivity contribution < 1.29 is 4.74 Å². The van der Waals surface area contributed by atoms with E-state index in [1.54, 1.807) is 0 Å². The van der Waals surface area contributed by atoms with Crippen molar-refractivity contribution >= 4 is 11.6 Å². The van der Waals surface area contributed by atoms with Gasteiger partial charge in [-0.1, -0.05) is 0 Å². The monoisotopic (exact) mass is 263 g/mol. The van der Waals surface area contributed by atoms with E-state index in [0.717, 1.165) is 43.8 Å². The smallest absolute Gasteiger partial charge is 0.132 e. The van der Waals surface area contributed by atoms with Crippen LogP contribution < -0.4 is 16.0 Å². The number of rotatable bonds is 5. The first-order valence-corrected chi connectivity index (χ1v) is 6.97. The third-order valence-electron chi connectivity index (χ3n) is 3.30. The Morgan fingerprint density at radius 2 is 2.21 bits per heavy atom. The number of morpholine rings is 1. The highest BCUT2D eigenvalue weighted by Crippen LogP contribution is 2.24. The zero-order valence-corrected chi connectivity index (χ0v) is 11.3. The molecule has 1 saturated carbocycles. The van der Waals surface area contributed by atoms with Gasteiger partial charge in [0.05, 0.1) is 13.2 Å². The van der Waals surface area contributed by atoms with E-state index < -0.39 is 0 Å². The van der Waals surface area contributed by atoms with Gasteiger partial charge in [-0.3, -0.25) is 0 Å². The van der Waals surface area contributed by atoms with Gasteiger partial charge in [-0.25, -0.2) is 9.97 Å². The maximum Gasteiger partial charge on any atom is 0.132 e. The third-order valence-corrected chi connectivity index (χ3v) is 3.30. The second-order valence-corrected chi connectivity index (χ2v) is 5.21. The van der Waals surface area contributed by atoms with E-state index >= 15 is 0 Å². The zero-order valence-electron chi connectivity index (χ0n) is 11.3. The molecule has 1 aromatic rings. The van der Waals surface area contributed by atoms with E-state index in [2.05, 4.69) is 25.9 Å². The van der Waals surface area contributed by atoms with Crippen molar-refractivity contribution in [2.45, 2.75) is 31.8 Å². The lowest BCUT2D eigenvalue weighted by Gasteiger charge is -2.24. The Bertz CT molecular complexity index is 429. The van der Waals surface area contributed by atoms with E-state index in [-0.39, 0.29) is 0 Å². The molecule has 6 heteroatoms. The fourth-order valence-electron chi connectivity index (χ4n) is 2.15. The average molecular weight is 263 g/mol. The molecule has 2 fully saturated rings. The summed E-state index contributed by atoms with van der Waals surface area (Å²) in [4.78, 5) is 8.82. The summed E-state index contributed by atoms with van der Waals surface area (Å²) in [7, 11) is 0. The molecule has 3 N–H and O–H groups in total. The molecule has 2 aliphatic rings. The summed E-state index contributed by atoms with van der Waals surface area (Å²) in [5.41, 5.74) is 0. The molecule has 104 valence electrons. The van der Waals surface area contributed by atoms with Crippen LogP contribution in [0.25, 0.3) is 0 Å². The molecule has 3 rings (SSSR count). The van der Waals surface area contributed by atoms with Crippen LogP contribution in [0.1, 0.15) is 18.7 Å². The number of hydrogen-bond acceptors (Lipinski definition) is 6. The number of nitrogens with zero attached hydrogens (tertiary/aromatic N) is 2. The first-order valence-electron chi connectivity index (χ1n) is 6.97. The fourth-order valence-corrected chi connectivity index (χ4v) is 2.15. The van der Waals surface area contributed by atoms with Crippen LogP contribution in [0.5, 0.6) is 0 Å². The number of anilines is 2. The zero-order chi connectivity index (χ0) is 13.1. The van der Waals surface area contributed by atoms with Gasteiger partial charge in [0.15, 0.2) is 0 Å². The fraction of sp³-hybridized carbons (Fsp3) is 0.692. The van der Waals surface area contributed by atoms with Crippen molar-refractivity contribution in [3.63, 3.8) is 0 Å². The Morgan fingerprint density at radius 3 is 2.95 bits per heavy atom. The maximum atomic E-state index is 5.43. The number of aryl methyl sites for hydroxylation is 1. The van der Waals surface area contributed by atoms with Crippen molar-refractivity contribution in [2.75, 3.05) is 36.9 Å². The molecule has 1 atom stereocenters. The van der Waals surface area contributed by atoms with Crippen LogP contribution in [-0.4, -0.2) is 48.4 Å². The van der Waals surface area contributed by atoms with Crippen molar-refractivity contribution in [1.82, 2.24) is 15.3 Å². The molecule has 0 amide bonds. The normalized spacial score (nSPS) is 23.1. The molecule has 1 unspecified atom stereocenters. The first-order chi connectivity index (χ1) is 9.29. The van der Waals surface area contributed by atoms with Gasteiger partial charge in [-0.2, -0.15) is 0 Å². The van der Waals surface area contributed by atoms with Crippen molar-refractivity contribution in [2.24, 2.45) is 0 Å². The molecule has 19 heavy (non-hydrogen) atoms. The van der Waals surface area contributed by atoms with Crippen LogP contribution in [0, 0.1) is 6.92 Å². The van der Waals surface area contributed by atoms with Gasteiger partial charge in [-0.15, -0.1) is 0 Å². The summed E-state index contributed by atoms with van der Waals surface area (Å²) in [6.45, 7) is 5.22. The third kappa shape index (κ3) is 3.78.